The molecule has 5 nitrogen and oxygen atoms in total. The molecule has 1 aromatic carbocycles. The topological polar surface area (TPSA) is 55.3 Å². The molecule has 0 spiro atoms. The van der Waals surface area contributed by atoms with Crippen molar-refractivity contribution in [2.75, 3.05) is 23.8 Å². The van der Waals surface area contributed by atoms with Gasteiger partial charge in [-0.05, 0) is 31.5 Å². The number of nitrogens with zero attached hydrogens (tertiary/aromatic N) is 3. The minimum absolute atomic E-state index is 0.0283. The van der Waals surface area contributed by atoms with Crippen molar-refractivity contribution in [3.05, 3.63) is 41.0 Å². The molecule has 4 rings (SSSR count). The van der Waals surface area contributed by atoms with E-state index in [4.69, 9.17) is 4.74 Å². The summed E-state index contributed by atoms with van der Waals surface area (Å²) in [7, 11) is 0. The number of aromatic nitrogens is 2. The lowest BCUT2D eigenvalue weighted by molar-refractivity contribution is -0.120. The molecule has 0 N–H and O–H groups in total. The molecule has 0 aliphatic carbocycles. The van der Waals surface area contributed by atoms with Crippen molar-refractivity contribution < 1.29 is 9.53 Å². The molecular formula is C18H17N3O2S2. The summed E-state index contributed by atoms with van der Waals surface area (Å²) in [5.41, 5.74) is 2.07. The summed E-state index contributed by atoms with van der Waals surface area (Å²) >= 11 is 3.39. The van der Waals surface area contributed by atoms with Gasteiger partial charge < -0.3 is 9.64 Å². The Kier molecular flexibility index (Phi) is 4.35. The molecule has 25 heavy (non-hydrogen) atoms. The average Bonchev–Trinajstić information content (AvgIpc) is 2.94. The van der Waals surface area contributed by atoms with Crippen molar-refractivity contribution in [2.45, 2.75) is 18.7 Å². The van der Waals surface area contributed by atoms with Gasteiger partial charge in [0.05, 0.1) is 11.1 Å². The third-order valence-corrected chi connectivity index (χ3v) is 6.45. The molecule has 0 bridgehead atoms. The predicted octanol–water partition coefficient (Wildman–Crippen LogP) is 3.83. The number of hydrogen-bond donors (Lipinski definition) is 0. The maximum atomic E-state index is 12.7. The highest BCUT2D eigenvalue weighted by Gasteiger charge is 2.23. The third kappa shape index (κ3) is 2.98. The van der Waals surface area contributed by atoms with Gasteiger partial charge in [0.15, 0.2) is 6.61 Å². The number of carbonyl (C=O) groups excluding carboxylic acids is 1. The molecule has 0 unspecified atom stereocenters. The van der Waals surface area contributed by atoms with Gasteiger partial charge in [-0.1, -0.05) is 12.1 Å². The number of aryl methyl sites for hydroxylation is 2. The smallest absolute Gasteiger partial charge is 0.265 e. The van der Waals surface area contributed by atoms with Crippen molar-refractivity contribution >= 4 is 44.9 Å². The largest absolute Gasteiger partial charge is 0.467 e. The first-order valence-corrected chi connectivity index (χ1v) is 9.81. The zero-order chi connectivity index (χ0) is 17.4. The molecule has 128 valence electrons. The second kappa shape index (κ2) is 6.65. The number of thiophene rings is 1. The van der Waals surface area contributed by atoms with E-state index in [2.05, 4.69) is 16.9 Å². The van der Waals surface area contributed by atoms with E-state index in [0.717, 1.165) is 32.1 Å². The molecule has 1 aliphatic heterocycles. The van der Waals surface area contributed by atoms with E-state index in [1.807, 2.05) is 31.2 Å². The Balaban J connectivity index is 1.56. The van der Waals surface area contributed by atoms with Crippen molar-refractivity contribution in [2.24, 2.45) is 0 Å². The van der Waals surface area contributed by atoms with E-state index in [1.165, 1.54) is 11.2 Å². The Morgan fingerprint density at radius 3 is 3.00 bits per heavy atom. The summed E-state index contributed by atoms with van der Waals surface area (Å²) in [6.07, 6.45) is 1.49. The fraction of sp³-hybridized carbons (Fsp3) is 0.278. The van der Waals surface area contributed by atoms with Gasteiger partial charge in [0.25, 0.3) is 5.91 Å². The summed E-state index contributed by atoms with van der Waals surface area (Å²) in [4.78, 5) is 26.3. The van der Waals surface area contributed by atoms with E-state index in [0.29, 0.717) is 12.4 Å². The first kappa shape index (κ1) is 16.4. The fourth-order valence-corrected chi connectivity index (χ4v) is 4.88. The first-order chi connectivity index (χ1) is 12.1. The van der Waals surface area contributed by atoms with Gasteiger partial charge >= 0.3 is 0 Å². The van der Waals surface area contributed by atoms with Gasteiger partial charge in [-0.15, -0.1) is 23.1 Å². The van der Waals surface area contributed by atoms with Gasteiger partial charge in [0, 0.05) is 22.1 Å². The number of thioether (sulfide) groups is 1. The van der Waals surface area contributed by atoms with Gasteiger partial charge in [-0.3, -0.25) is 4.79 Å². The second-order valence-corrected chi connectivity index (χ2v) is 8.13. The molecule has 0 saturated heterocycles. The summed E-state index contributed by atoms with van der Waals surface area (Å²) in [5, 5.41) is 0.910. The minimum atomic E-state index is -0.0517. The SMILES string of the molecule is Cc1sc2ncnc(OCC(=O)N3CCSc4ccccc43)c2c1C. The van der Waals surface area contributed by atoms with E-state index >= 15 is 0 Å². The van der Waals surface area contributed by atoms with Crippen LogP contribution in [0.2, 0.25) is 0 Å². The Morgan fingerprint density at radius 1 is 1.28 bits per heavy atom. The summed E-state index contributed by atoms with van der Waals surface area (Å²) < 4.78 is 5.80. The van der Waals surface area contributed by atoms with Crippen LogP contribution >= 0.6 is 23.1 Å². The van der Waals surface area contributed by atoms with Crippen LogP contribution in [-0.4, -0.2) is 34.8 Å². The van der Waals surface area contributed by atoms with Crippen LogP contribution in [-0.2, 0) is 4.79 Å². The van der Waals surface area contributed by atoms with Crippen LogP contribution in [0.1, 0.15) is 10.4 Å². The maximum absolute atomic E-state index is 12.7. The minimum Gasteiger partial charge on any atom is -0.467 e. The average molecular weight is 371 g/mol. The summed E-state index contributed by atoms with van der Waals surface area (Å²) in [6, 6.07) is 7.98. The molecule has 7 heteroatoms. The number of hydrogen-bond acceptors (Lipinski definition) is 6. The number of amides is 1. The molecule has 2 aromatic heterocycles. The van der Waals surface area contributed by atoms with Gasteiger partial charge in [-0.2, -0.15) is 0 Å². The van der Waals surface area contributed by atoms with E-state index in [1.54, 1.807) is 28.0 Å². The summed E-state index contributed by atoms with van der Waals surface area (Å²) in [5.74, 6) is 1.33. The summed E-state index contributed by atoms with van der Waals surface area (Å²) in [6.45, 7) is 4.75. The molecule has 1 aliphatic rings. The molecule has 3 heterocycles. The Bertz CT molecular complexity index is 955. The van der Waals surface area contributed by atoms with Crippen LogP contribution in [0.15, 0.2) is 35.5 Å². The van der Waals surface area contributed by atoms with E-state index in [-0.39, 0.29) is 12.5 Å². The highest BCUT2D eigenvalue weighted by Crippen LogP contribution is 2.35. The predicted molar refractivity (Wildman–Crippen MR) is 102 cm³/mol. The highest BCUT2D eigenvalue weighted by atomic mass is 32.2. The Labute approximate surface area is 154 Å². The van der Waals surface area contributed by atoms with Crippen molar-refractivity contribution in [1.82, 2.24) is 9.97 Å². The number of ether oxygens (including phenoxy) is 1. The molecule has 1 amide bonds. The Morgan fingerprint density at radius 2 is 2.12 bits per heavy atom. The van der Waals surface area contributed by atoms with Crippen LogP contribution < -0.4 is 9.64 Å². The fourth-order valence-electron chi connectivity index (χ4n) is 2.90. The standard InChI is InChI=1S/C18H17N3O2S2/c1-11-12(2)25-18-16(11)17(19-10-20-18)23-9-15(22)21-7-8-24-14-6-4-3-5-13(14)21/h3-6,10H,7-9H2,1-2H3. The molecule has 3 aromatic rings. The monoisotopic (exact) mass is 371 g/mol. The first-order valence-electron chi connectivity index (χ1n) is 8.01. The van der Waals surface area contributed by atoms with Crippen molar-refractivity contribution in [3.8, 4) is 5.88 Å². The lowest BCUT2D eigenvalue weighted by atomic mass is 10.2. The number of anilines is 1. The third-order valence-electron chi connectivity index (χ3n) is 4.29. The second-order valence-electron chi connectivity index (χ2n) is 5.79. The molecule has 0 atom stereocenters. The normalized spacial score (nSPS) is 13.8. The number of para-hydroxylation sites is 1. The number of carbonyl (C=O) groups is 1. The van der Waals surface area contributed by atoms with Gasteiger partial charge in [-0.25, -0.2) is 9.97 Å². The molecular weight excluding hydrogens is 354 g/mol. The number of fused-ring (bicyclic) bond motifs is 2. The van der Waals surface area contributed by atoms with Gasteiger partial charge in [0.2, 0.25) is 5.88 Å². The van der Waals surface area contributed by atoms with Crippen LogP contribution in [0, 0.1) is 13.8 Å². The highest BCUT2D eigenvalue weighted by molar-refractivity contribution is 7.99. The number of rotatable bonds is 3. The van der Waals surface area contributed by atoms with Crippen molar-refractivity contribution in [3.63, 3.8) is 0 Å². The lowest BCUT2D eigenvalue weighted by Crippen LogP contribution is -2.38. The van der Waals surface area contributed by atoms with Crippen molar-refractivity contribution in [1.29, 1.82) is 0 Å². The molecule has 0 radical (unpaired) electrons. The van der Waals surface area contributed by atoms with Crippen LogP contribution in [0.3, 0.4) is 0 Å². The zero-order valence-corrected chi connectivity index (χ0v) is 15.6. The quantitative estimate of drug-likeness (QED) is 0.700. The molecule has 0 saturated carbocycles. The van der Waals surface area contributed by atoms with Gasteiger partial charge in [0.1, 0.15) is 11.2 Å². The molecule has 0 fully saturated rings. The lowest BCUT2D eigenvalue weighted by Gasteiger charge is -2.28. The Hall–Kier alpha value is -2.12. The van der Waals surface area contributed by atoms with Crippen LogP contribution in [0.5, 0.6) is 5.88 Å². The number of benzene rings is 1. The van der Waals surface area contributed by atoms with E-state index in [9.17, 15) is 4.79 Å². The van der Waals surface area contributed by atoms with Crippen LogP contribution in [0.4, 0.5) is 5.69 Å². The van der Waals surface area contributed by atoms with Crippen LogP contribution in [0.25, 0.3) is 10.2 Å². The van der Waals surface area contributed by atoms with E-state index < -0.39 is 0 Å². The maximum Gasteiger partial charge on any atom is 0.265 e. The zero-order valence-electron chi connectivity index (χ0n) is 14.0.